The number of carbonyl (C=O) groups is 2. The molecule has 6 nitrogen and oxygen atoms in total. The molecule has 168 valence electrons. The Morgan fingerprint density at radius 3 is 2.58 bits per heavy atom. The van der Waals surface area contributed by atoms with Crippen molar-refractivity contribution in [3.8, 4) is 11.5 Å². The standard InChI is InChI=1S/C23H28BrClN2O4/c1-5-15(2)26-23(29)16(3)27(13-17-7-6-8-19(11-17)30-4)22(28)14-31-21-10-9-18(24)12-20(21)25/h6-12,15-16H,5,13-14H2,1-4H3,(H,26,29)/t15-,16+/m0/s1. The van der Waals surface area contributed by atoms with Gasteiger partial charge in [-0.15, -0.1) is 0 Å². The van der Waals surface area contributed by atoms with Gasteiger partial charge in [-0.25, -0.2) is 0 Å². The number of halogens is 2. The summed E-state index contributed by atoms with van der Waals surface area (Å²) in [5.74, 6) is 0.539. The van der Waals surface area contributed by atoms with E-state index in [0.717, 1.165) is 16.5 Å². The van der Waals surface area contributed by atoms with E-state index in [9.17, 15) is 9.59 Å². The molecular formula is C23H28BrClN2O4. The number of carbonyl (C=O) groups excluding carboxylic acids is 2. The topological polar surface area (TPSA) is 67.9 Å². The Balaban J connectivity index is 2.20. The number of hydrogen-bond donors (Lipinski definition) is 1. The molecule has 31 heavy (non-hydrogen) atoms. The van der Waals surface area contributed by atoms with Crippen molar-refractivity contribution in [3.63, 3.8) is 0 Å². The van der Waals surface area contributed by atoms with E-state index < -0.39 is 6.04 Å². The highest BCUT2D eigenvalue weighted by molar-refractivity contribution is 9.10. The fourth-order valence-corrected chi connectivity index (χ4v) is 3.56. The highest BCUT2D eigenvalue weighted by Gasteiger charge is 2.27. The van der Waals surface area contributed by atoms with E-state index in [1.807, 2.05) is 38.1 Å². The summed E-state index contributed by atoms with van der Waals surface area (Å²) in [6, 6.07) is 11.9. The molecule has 0 radical (unpaired) electrons. The fraction of sp³-hybridized carbons (Fsp3) is 0.391. The van der Waals surface area contributed by atoms with Crippen molar-refractivity contribution < 1.29 is 19.1 Å². The summed E-state index contributed by atoms with van der Waals surface area (Å²) in [6.07, 6.45) is 0.799. The Kier molecular flexibility index (Phi) is 9.65. The summed E-state index contributed by atoms with van der Waals surface area (Å²) in [7, 11) is 1.58. The molecule has 2 rings (SSSR count). The predicted octanol–water partition coefficient (Wildman–Crippen LogP) is 4.82. The Morgan fingerprint density at radius 1 is 1.19 bits per heavy atom. The molecule has 1 N–H and O–H groups in total. The summed E-state index contributed by atoms with van der Waals surface area (Å²) >= 11 is 9.52. The average molecular weight is 512 g/mol. The van der Waals surface area contributed by atoms with Crippen molar-refractivity contribution >= 4 is 39.3 Å². The average Bonchev–Trinajstić information content (AvgIpc) is 2.76. The van der Waals surface area contributed by atoms with Crippen molar-refractivity contribution in [1.82, 2.24) is 10.2 Å². The first-order chi connectivity index (χ1) is 14.7. The van der Waals surface area contributed by atoms with Gasteiger partial charge in [0, 0.05) is 17.1 Å². The second-order valence-corrected chi connectivity index (χ2v) is 8.55. The lowest BCUT2D eigenvalue weighted by Crippen LogP contribution is -2.50. The molecular weight excluding hydrogens is 484 g/mol. The van der Waals surface area contributed by atoms with Crippen LogP contribution < -0.4 is 14.8 Å². The third-order valence-corrected chi connectivity index (χ3v) is 5.69. The number of hydrogen-bond acceptors (Lipinski definition) is 4. The van der Waals surface area contributed by atoms with E-state index in [-0.39, 0.29) is 31.0 Å². The normalized spacial score (nSPS) is 12.6. The fourth-order valence-electron chi connectivity index (χ4n) is 2.83. The number of ether oxygens (including phenoxy) is 2. The Bertz CT molecular complexity index is 909. The molecule has 0 saturated carbocycles. The number of nitrogens with zero attached hydrogens (tertiary/aromatic N) is 1. The molecule has 0 aliphatic heterocycles. The predicted molar refractivity (Wildman–Crippen MR) is 126 cm³/mol. The van der Waals surface area contributed by atoms with Gasteiger partial charge in [0.1, 0.15) is 17.5 Å². The quantitative estimate of drug-likeness (QED) is 0.496. The van der Waals surface area contributed by atoms with Gasteiger partial charge in [0.25, 0.3) is 5.91 Å². The van der Waals surface area contributed by atoms with E-state index in [1.165, 1.54) is 4.90 Å². The maximum atomic E-state index is 13.1. The van der Waals surface area contributed by atoms with Crippen LogP contribution in [0.1, 0.15) is 32.8 Å². The molecule has 2 aromatic rings. The second kappa shape index (κ2) is 12.0. The summed E-state index contributed by atoms with van der Waals surface area (Å²) in [6.45, 7) is 5.62. The van der Waals surface area contributed by atoms with E-state index in [2.05, 4.69) is 21.2 Å². The second-order valence-electron chi connectivity index (χ2n) is 7.23. The molecule has 8 heteroatoms. The van der Waals surface area contributed by atoms with Crippen molar-refractivity contribution in [3.05, 3.63) is 57.5 Å². The Hall–Kier alpha value is -2.25. The van der Waals surface area contributed by atoms with E-state index in [0.29, 0.717) is 16.5 Å². The summed E-state index contributed by atoms with van der Waals surface area (Å²) in [5, 5.41) is 3.33. The van der Waals surface area contributed by atoms with Gasteiger partial charge in [0.15, 0.2) is 6.61 Å². The molecule has 0 saturated heterocycles. The minimum Gasteiger partial charge on any atom is -0.497 e. The van der Waals surface area contributed by atoms with Crippen LogP contribution in [0.15, 0.2) is 46.9 Å². The van der Waals surface area contributed by atoms with Gasteiger partial charge in [-0.2, -0.15) is 0 Å². The van der Waals surface area contributed by atoms with E-state index in [1.54, 1.807) is 32.2 Å². The van der Waals surface area contributed by atoms with Crippen LogP contribution in [0.5, 0.6) is 11.5 Å². The number of benzene rings is 2. The van der Waals surface area contributed by atoms with Gasteiger partial charge in [-0.05, 0) is 56.2 Å². The minimum absolute atomic E-state index is 0.0153. The summed E-state index contributed by atoms with van der Waals surface area (Å²) < 4.78 is 11.7. The van der Waals surface area contributed by atoms with Crippen molar-refractivity contribution in [2.24, 2.45) is 0 Å². The molecule has 0 fully saturated rings. The van der Waals surface area contributed by atoms with Crippen molar-refractivity contribution in [1.29, 1.82) is 0 Å². The highest BCUT2D eigenvalue weighted by atomic mass is 79.9. The summed E-state index contributed by atoms with van der Waals surface area (Å²) in [4.78, 5) is 27.3. The molecule has 0 heterocycles. The molecule has 0 spiro atoms. The van der Waals surface area contributed by atoms with Crippen LogP contribution in [-0.4, -0.2) is 42.5 Å². The van der Waals surface area contributed by atoms with Crippen LogP contribution in [0.2, 0.25) is 5.02 Å². The number of rotatable bonds is 10. The third-order valence-electron chi connectivity index (χ3n) is 4.90. The molecule has 0 unspecified atom stereocenters. The van der Waals surface area contributed by atoms with Crippen molar-refractivity contribution in [2.75, 3.05) is 13.7 Å². The smallest absolute Gasteiger partial charge is 0.261 e. The van der Waals surface area contributed by atoms with Gasteiger partial charge in [0.2, 0.25) is 5.91 Å². The lowest BCUT2D eigenvalue weighted by Gasteiger charge is -2.29. The first-order valence-corrected chi connectivity index (χ1v) is 11.2. The van der Waals surface area contributed by atoms with Crippen LogP contribution in [0.4, 0.5) is 0 Å². The molecule has 0 aliphatic carbocycles. The lowest BCUT2D eigenvalue weighted by molar-refractivity contribution is -0.142. The maximum absolute atomic E-state index is 13.1. The number of nitrogens with one attached hydrogen (secondary N) is 1. The van der Waals surface area contributed by atoms with Gasteiger partial charge in [-0.1, -0.05) is 46.6 Å². The SMILES string of the molecule is CC[C@H](C)NC(=O)[C@@H](C)N(Cc1cccc(OC)c1)C(=O)COc1ccc(Br)cc1Cl. The first-order valence-electron chi connectivity index (χ1n) is 10.1. The van der Waals surface area contributed by atoms with Crippen LogP contribution in [-0.2, 0) is 16.1 Å². The zero-order valence-electron chi connectivity index (χ0n) is 18.2. The van der Waals surface area contributed by atoms with Crippen molar-refractivity contribution in [2.45, 2.75) is 45.8 Å². The van der Waals surface area contributed by atoms with Gasteiger partial charge in [-0.3, -0.25) is 9.59 Å². The molecule has 0 aliphatic rings. The van der Waals surface area contributed by atoms with Crippen LogP contribution in [0, 0.1) is 0 Å². The third kappa shape index (κ3) is 7.43. The molecule has 0 bridgehead atoms. The van der Waals surface area contributed by atoms with Gasteiger partial charge >= 0.3 is 0 Å². The monoisotopic (exact) mass is 510 g/mol. The lowest BCUT2D eigenvalue weighted by atomic mass is 10.1. The Labute approximate surface area is 197 Å². The van der Waals surface area contributed by atoms with E-state index in [4.69, 9.17) is 21.1 Å². The summed E-state index contributed by atoms with van der Waals surface area (Å²) in [5.41, 5.74) is 0.845. The number of methoxy groups -OCH3 is 1. The molecule has 2 aromatic carbocycles. The maximum Gasteiger partial charge on any atom is 0.261 e. The largest absolute Gasteiger partial charge is 0.497 e. The zero-order valence-corrected chi connectivity index (χ0v) is 20.5. The molecule has 2 atom stereocenters. The molecule has 2 amide bonds. The van der Waals surface area contributed by atoms with Crippen LogP contribution in [0.25, 0.3) is 0 Å². The molecule has 0 aromatic heterocycles. The highest BCUT2D eigenvalue weighted by Crippen LogP contribution is 2.28. The van der Waals surface area contributed by atoms with Gasteiger partial charge in [0.05, 0.1) is 12.1 Å². The minimum atomic E-state index is -0.684. The van der Waals surface area contributed by atoms with Gasteiger partial charge < -0.3 is 19.7 Å². The van der Waals surface area contributed by atoms with Crippen LogP contribution in [0.3, 0.4) is 0 Å². The first kappa shape index (κ1) is 25.0. The zero-order chi connectivity index (χ0) is 23.0. The Morgan fingerprint density at radius 2 is 1.94 bits per heavy atom. The van der Waals surface area contributed by atoms with E-state index >= 15 is 0 Å². The van der Waals surface area contributed by atoms with Crippen LogP contribution >= 0.6 is 27.5 Å². The number of amides is 2.